The SMILES string of the molecule is Cc1cc2sc(-c3cc4/c(=N\Nc5ccccc5)c5c(C)c6c(c(C)c5c4s3)/c(=N/Nc3ccccc3)c3cc(-c4cc5sc(C)cc5s4)sc36)cc2s1. The summed E-state index contributed by atoms with van der Waals surface area (Å²) in [7, 11) is 0. The van der Waals surface area contributed by atoms with Gasteiger partial charge in [-0.1, -0.05) is 36.4 Å². The number of thiophene rings is 6. The molecule has 0 unspecified atom stereocenters. The molecule has 5 aromatic carbocycles. The first-order chi connectivity index (χ1) is 26.4. The standard InChI is InChI=1S/C44H30N4S6/c1-21-15-29-33(49-21)19-35(51-29)31-17-27-41(47-45-25-11-7-5-8-12-25)37-24(4)40-38(23(3)39(37)43(27)53-31)42(48-46-26-13-9-6-10-14-26)28-18-32(54-44(28)40)36-20-34-30(52-36)16-22(2)50-34/h5-20,45-46H,1-4H3/b47-41+,48-42+. The van der Waals surface area contributed by atoms with E-state index in [1.165, 1.54) is 101 Å². The third-order valence-electron chi connectivity index (χ3n) is 10.2. The third-order valence-corrected chi connectivity index (χ3v) is 17.3. The van der Waals surface area contributed by atoms with Crippen LogP contribution in [0.3, 0.4) is 0 Å². The molecule has 0 saturated heterocycles. The second-order valence-electron chi connectivity index (χ2n) is 13.7. The summed E-state index contributed by atoms with van der Waals surface area (Å²) in [6, 6.07) is 34.7. The highest BCUT2D eigenvalue weighted by molar-refractivity contribution is 7.33. The van der Waals surface area contributed by atoms with E-state index in [0.29, 0.717) is 0 Å². The lowest BCUT2D eigenvalue weighted by molar-refractivity contribution is 1.25. The molecule has 0 atom stereocenters. The highest BCUT2D eigenvalue weighted by Gasteiger charge is 2.25. The van der Waals surface area contributed by atoms with Gasteiger partial charge in [0.2, 0.25) is 0 Å². The van der Waals surface area contributed by atoms with E-state index in [2.05, 4.69) is 99.2 Å². The summed E-state index contributed by atoms with van der Waals surface area (Å²) in [6.45, 7) is 8.97. The van der Waals surface area contributed by atoms with E-state index in [4.69, 9.17) is 10.2 Å². The van der Waals surface area contributed by atoms with Crippen molar-refractivity contribution in [3.8, 4) is 19.5 Å². The van der Waals surface area contributed by atoms with Gasteiger partial charge in [0, 0.05) is 89.8 Å². The normalized spacial score (nSPS) is 13.0. The first kappa shape index (κ1) is 32.7. The molecule has 11 rings (SSSR count). The first-order valence-corrected chi connectivity index (χ1v) is 22.5. The van der Waals surface area contributed by atoms with Gasteiger partial charge in [-0.3, -0.25) is 10.9 Å². The molecule has 0 amide bonds. The van der Waals surface area contributed by atoms with Gasteiger partial charge in [-0.15, -0.1) is 68.0 Å². The maximum Gasteiger partial charge on any atom is 0.100 e. The molecule has 4 nitrogen and oxygen atoms in total. The second-order valence-corrected chi connectivity index (χ2v) is 20.6. The Kier molecular flexibility index (Phi) is 7.53. The summed E-state index contributed by atoms with van der Waals surface area (Å²) in [5, 5.41) is 19.8. The van der Waals surface area contributed by atoms with Gasteiger partial charge >= 0.3 is 0 Å². The van der Waals surface area contributed by atoms with Gasteiger partial charge < -0.3 is 0 Å². The number of hydrogen-bond donors (Lipinski definition) is 2. The predicted molar refractivity (Wildman–Crippen MR) is 242 cm³/mol. The minimum absolute atomic E-state index is 0.970. The van der Waals surface area contributed by atoms with Gasteiger partial charge in [0.1, 0.15) is 10.7 Å². The van der Waals surface area contributed by atoms with Crippen LogP contribution in [0.2, 0.25) is 0 Å². The van der Waals surface area contributed by atoms with Crippen molar-refractivity contribution in [2.24, 2.45) is 10.2 Å². The lowest BCUT2D eigenvalue weighted by Gasteiger charge is -2.08. The minimum atomic E-state index is 0.970. The summed E-state index contributed by atoms with van der Waals surface area (Å²) in [5.74, 6) is 0. The zero-order chi connectivity index (χ0) is 36.2. The first-order valence-electron chi connectivity index (χ1n) is 17.6. The van der Waals surface area contributed by atoms with E-state index in [-0.39, 0.29) is 0 Å². The van der Waals surface area contributed by atoms with Gasteiger partial charge in [0.25, 0.3) is 0 Å². The van der Waals surface area contributed by atoms with E-state index in [1.807, 2.05) is 104 Å². The fraction of sp³-hybridized carbons (Fsp3) is 0.0909. The van der Waals surface area contributed by atoms with Crippen LogP contribution >= 0.6 is 68.0 Å². The van der Waals surface area contributed by atoms with Crippen molar-refractivity contribution >= 4 is 140 Å². The van der Waals surface area contributed by atoms with Gasteiger partial charge in [0.15, 0.2) is 0 Å². The summed E-state index contributed by atoms with van der Waals surface area (Å²) in [5.41, 5.74) is 11.3. The number of nitrogens with one attached hydrogen (secondary N) is 2. The Bertz CT molecular complexity index is 3080. The number of hydrogen-bond acceptors (Lipinski definition) is 10. The Morgan fingerprint density at radius 2 is 0.796 bits per heavy atom. The molecule has 11 aromatic rings. The van der Waals surface area contributed by atoms with Crippen LogP contribution in [0.15, 0.2) is 107 Å². The van der Waals surface area contributed by atoms with Crippen LogP contribution < -0.4 is 21.6 Å². The molecule has 54 heavy (non-hydrogen) atoms. The molecule has 262 valence electrons. The Labute approximate surface area is 334 Å². The molecular formula is C44H30N4S6. The molecule has 0 fully saturated rings. The van der Waals surface area contributed by atoms with E-state index in [9.17, 15) is 0 Å². The number of nitrogens with zero attached hydrogens (tertiary/aromatic N) is 2. The predicted octanol–water partition coefficient (Wildman–Crippen LogP) is 14.3. The van der Waals surface area contributed by atoms with Crippen LogP contribution in [0.5, 0.6) is 0 Å². The summed E-state index contributed by atoms with van der Waals surface area (Å²) in [6.07, 6.45) is 0. The fourth-order valence-corrected chi connectivity index (χ4v) is 15.1. The van der Waals surface area contributed by atoms with Crippen LogP contribution in [0.1, 0.15) is 20.9 Å². The van der Waals surface area contributed by atoms with Crippen molar-refractivity contribution in [1.82, 2.24) is 0 Å². The fourth-order valence-electron chi connectivity index (χ4n) is 7.83. The van der Waals surface area contributed by atoms with E-state index < -0.39 is 0 Å². The van der Waals surface area contributed by atoms with Gasteiger partial charge in [0.05, 0.1) is 11.4 Å². The molecule has 2 N–H and O–H groups in total. The van der Waals surface area contributed by atoms with Gasteiger partial charge in [-0.25, -0.2) is 0 Å². The van der Waals surface area contributed by atoms with Crippen LogP contribution in [0.4, 0.5) is 11.4 Å². The third kappa shape index (κ3) is 5.08. The quantitative estimate of drug-likeness (QED) is 0.164. The number of aryl methyl sites for hydroxylation is 4. The molecular weight excluding hydrogens is 777 g/mol. The zero-order valence-corrected chi connectivity index (χ0v) is 34.5. The van der Waals surface area contributed by atoms with Crippen molar-refractivity contribution in [2.75, 3.05) is 10.9 Å². The van der Waals surface area contributed by atoms with Crippen molar-refractivity contribution in [3.05, 3.63) is 129 Å². The highest BCUT2D eigenvalue weighted by Crippen LogP contribution is 2.49. The maximum absolute atomic E-state index is 5.23. The van der Waals surface area contributed by atoms with Crippen LogP contribution in [0.25, 0.3) is 80.0 Å². The Morgan fingerprint density at radius 1 is 0.407 bits per heavy atom. The minimum Gasteiger partial charge on any atom is -0.278 e. The Hall–Kier alpha value is -4.68. The van der Waals surface area contributed by atoms with Crippen molar-refractivity contribution in [3.63, 3.8) is 0 Å². The monoisotopic (exact) mass is 806 g/mol. The van der Waals surface area contributed by atoms with Crippen LogP contribution in [0, 0.1) is 27.7 Å². The van der Waals surface area contributed by atoms with Gasteiger partial charge in [-0.2, -0.15) is 10.2 Å². The summed E-state index contributed by atoms with van der Waals surface area (Å²) >= 11 is 11.3. The molecule has 0 aliphatic carbocycles. The Morgan fingerprint density at radius 3 is 1.20 bits per heavy atom. The highest BCUT2D eigenvalue weighted by atomic mass is 32.1. The van der Waals surface area contributed by atoms with Crippen molar-refractivity contribution in [1.29, 1.82) is 0 Å². The molecule has 0 aliphatic heterocycles. The van der Waals surface area contributed by atoms with Crippen molar-refractivity contribution in [2.45, 2.75) is 27.7 Å². The molecule has 0 bridgehead atoms. The molecule has 10 heteroatoms. The molecule has 0 saturated carbocycles. The average molecular weight is 807 g/mol. The molecule has 0 aliphatic rings. The molecule has 6 heterocycles. The number of fused-ring (bicyclic) bond motifs is 8. The summed E-state index contributed by atoms with van der Waals surface area (Å²) in [4.78, 5) is 7.92. The number of anilines is 2. The smallest absolute Gasteiger partial charge is 0.100 e. The Balaban J connectivity index is 1.21. The topological polar surface area (TPSA) is 48.8 Å². The molecule has 6 aromatic heterocycles. The van der Waals surface area contributed by atoms with Crippen LogP contribution in [-0.2, 0) is 0 Å². The lowest BCUT2D eigenvalue weighted by atomic mass is 9.98. The zero-order valence-electron chi connectivity index (χ0n) is 29.6. The number of benzene rings is 3. The van der Waals surface area contributed by atoms with E-state index in [1.54, 1.807) is 0 Å². The van der Waals surface area contributed by atoms with Crippen LogP contribution in [-0.4, -0.2) is 0 Å². The number of para-hydroxylation sites is 2. The van der Waals surface area contributed by atoms with Crippen molar-refractivity contribution < 1.29 is 0 Å². The largest absolute Gasteiger partial charge is 0.278 e. The van der Waals surface area contributed by atoms with E-state index >= 15 is 0 Å². The molecule has 0 radical (unpaired) electrons. The second kappa shape index (κ2) is 12.4. The van der Waals surface area contributed by atoms with Gasteiger partial charge in [-0.05, 0) is 99.5 Å². The lowest BCUT2D eigenvalue weighted by Crippen LogP contribution is -2.07. The summed E-state index contributed by atoms with van der Waals surface area (Å²) < 4.78 is 8.01. The average Bonchev–Trinajstić information content (AvgIpc) is 4.02. The van der Waals surface area contributed by atoms with E-state index in [0.717, 1.165) is 22.1 Å². The molecule has 0 spiro atoms. The maximum atomic E-state index is 5.23. The number of rotatable bonds is 6.